The van der Waals surface area contributed by atoms with Crippen molar-refractivity contribution in [3.63, 3.8) is 0 Å². The highest BCUT2D eigenvalue weighted by Crippen LogP contribution is 2.34. The summed E-state index contributed by atoms with van der Waals surface area (Å²) in [6.07, 6.45) is 4.14. The minimum absolute atomic E-state index is 0.129. The Bertz CT molecular complexity index is 1940. The fourth-order valence-electron chi connectivity index (χ4n) is 5.93. The quantitative estimate of drug-likeness (QED) is 0.225. The topological polar surface area (TPSA) is 157 Å². The van der Waals surface area contributed by atoms with Gasteiger partial charge in [-0.3, -0.25) is 4.90 Å². The number of sulfone groups is 2. The molecule has 12 nitrogen and oxygen atoms in total. The maximum atomic E-state index is 13.8. The van der Waals surface area contributed by atoms with Gasteiger partial charge in [0, 0.05) is 38.4 Å². The molecule has 54 heavy (non-hydrogen) atoms. The van der Waals surface area contributed by atoms with Gasteiger partial charge in [0.1, 0.15) is 19.0 Å². The molecule has 17 heteroatoms. The Morgan fingerprint density at radius 1 is 0.852 bits per heavy atom. The molecule has 1 fully saturated rings. The predicted molar refractivity (Wildman–Crippen MR) is 194 cm³/mol. The lowest BCUT2D eigenvalue weighted by Gasteiger charge is -2.32. The molecule has 1 unspecified atom stereocenters. The normalized spacial score (nSPS) is 20.1. The molecule has 0 bridgehead atoms. The monoisotopic (exact) mass is 798 g/mol. The number of benzene rings is 2. The predicted octanol–water partition coefficient (Wildman–Crippen LogP) is 4.42. The molecule has 4 rings (SSSR count). The number of likely N-dealkylation sites (tertiary alicyclic amines) is 1. The lowest BCUT2D eigenvalue weighted by Crippen LogP contribution is -2.28. The third-order valence-electron chi connectivity index (χ3n) is 8.51. The van der Waals surface area contributed by atoms with Crippen LogP contribution < -0.4 is 4.74 Å². The lowest BCUT2D eigenvalue weighted by molar-refractivity contribution is -0.274. The van der Waals surface area contributed by atoms with E-state index in [1.165, 1.54) is 24.4 Å². The third kappa shape index (κ3) is 14.2. The van der Waals surface area contributed by atoms with Crippen molar-refractivity contribution in [1.29, 1.82) is 0 Å². The van der Waals surface area contributed by atoms with Gasteiger partial charge in [-0.1, -0.05) is 42.5 Å². The Balaban J connectivity index is 1.87. The average Bonchev–Trinajstić information content (AvgIpc) is 3.57. The summed E-state index contributed by atoms with van der Waals surface area (Å²) in [5.41, 5.74) is 1.87. The Labute approximate surface area is 313 Å². The number of rotatable bonds is 17. The maximum Gasteiger partial charge on any atom is 0.573 e. The molecule has 2 aromatic rings. The summed E-state index contributed by atoms with van der Waals surface area (Å²) in [5, 5.41) is 9.74. The summed E-state index contributed by atoms with van der Waals surface area (Å²) in [7, 11) is -7.10. The highest BCUT2D eigenvalue weighted by Gasteiger charge is 2.32. The van der Waals surface area contributed by atoms with Crippen LogP contribution in [0.3, 0.4) is 0 Å². The van der Waals surface area contributed by atoms with E-state index in [0.717, 1.165) is 62.2 Å². The van der Waals surface area contributed by atoms with Crippen LogP contribution in [-0.4, -0.2) is 107 Å². The average molecular weight is 799 g/mol. The van der Waals surface area contributed by atoms with E-state index in [0.29, 0.717) is 11.1 Å². The highest BCUT2D eigenvalue weighted by atomic mass is 32.2. The second-order valence-electron chi connectivity index (χ2n) is 13.2. The number of ether oxygens (including phenoxy) is 3. The molecule has 1 atom stereocenters. The third-order valence-corrected chi connectivity index (χ3v) is 10.3. The molecule has 1 saturated heterocycles. The Morgan fingerprint density at radius 3 is 2.04 bits per heavy atom. The Morgan fingerprint density at radius 2 is 1.46 bits per heavy atom. The van der Waals surface area contributed by atoms with Gasteiger partial charge in [-0.15, -0.1) is 13.2 Å². The van der Waals surface area contributed by atoms with Crippen LogP contribution in [0.2, 0.25) is 0 Å². The number of nitrogens with zero attached hydrogens (tertiary/aromatic N) is 2. The second-order valence-corrected chi connectivity index (χ2v) is 17.8. The fraction of sp³-hybridized carbons (Fsp3) is 0.459. The number of alkyl halides is 3. The van der Waals surface area contributed by atoms with E-state index in [9.17, 15) is 44.7 Å². The van der Waals surface area contributed by atoms with Crippen molar-refractivity contribution in [2.24, 2.45) is 0 Å². The Hall–Kier alpha value is -4.19. The first-order valence-corrected chi connectivity index (χ1v) is 21.4. The van der Waals surface area contributed by atoms with Crippen LogP contribution in [0.1, 0.15) is 48.4 Å². The molecule has 0 spiro atoms. The van der Waals surface area contributed by atoms with E-state index in [-0.39, 0.29) is 37.1 Å². The zero-order chi connectivity index (χ0) is 39.5. The van der Waals surface area contributed by atoms with Gasteiger partial charge < -0.3 is 24.2 Å². The van der Waals surface area contributed by atoms with E-state index < -0.39 is 74.5 Å². The van der Waals surface area contributed by atoms with Crippen LogP contribution in [0.25, 0.3) is 0 Å². The van der Waals surface area contributed by atoms with Gasteiger partial charge in [0.25, 0.3) is 0 Å². The fourth-order valence-corrected chi connectivity index (χ4v) is 6.70. The minimum Gasteiger partial charge on any atom is -0.461 e. The molecule has 2 aliphatic heterocycles. The molecule has 296 valence electrons. The SMILES string of the molecule is CS(=O)(=O)CCOC(=O)C1=C/C(CCCO)=C\C(c2ccc(CN3CCCC3)cc2)N(Cc2cccc(OC(F)(F)F)c2)/C=C\1C(=O)OCCS(C)(=O)=O. The van der Waals surface area contributed by atoms with Crippen LogP contribution in [0, 0.1) is 0 Å². The molecule has 2 aromatic carbocycles. The molecule has 0 radical (unpaired) electrons. The summed E-state index contributed by atoms with van der Waals surface area (Å²) >= 11 is 0. The van der Waals surface area contributed by atoms with Crippen molar-refractivity contribution >= 4 is 31.6 Å². The number of aliphatic hydroxyl groups is 1. The number of carbonyl (C=O) groups excluding carboxylic acids is 2. The Kier molecular flexibility index (Phi) is 14.9. The molecule has 2 heterocycles. The second kappa shape index (κ2) is 18.9. The highest BCUT2D eigenvalue weighted by molar-refractivity contribution is 7.90. The summed E-state index contributed by atoms with van der Waals surface area (Å²) in [6.45, 7) is 1.28. The van der Waals surface area contributed by atoms with Crippen LogP contribution in [0.4, 0.5) is 13.2 Å². The molecule has 0 saturated carbocycles. The zero-order valence-electron chi connectivity index (χ0n) is 30.1. The molecule has 1 N–H and O–H groups in total. The van der Waals surface area contributed by atoms with Crippen LogP contribution >= 0.6 is 0 Å². The van der Waals surface area contributed by atoms with E-state index in [4.69, 9.17) is 9.47 Å². The van der Waals surface area contributed by atoms with Gasteiger partial charge in [-0.05, 0) is 79.2 Å². The maximum absolute atomic E-state index is 13.8. The van der Waals surface area contributed by atoms with Crippen molar-refractivity contribution in [3.05, 3.63) is 100 Å². The standard InChI is InChI=1S/C37H45F3N2O10S2/c1-53(46,47)19-17-50-35(44)32-22-28(8-6-16-43)23-34(30-12-10-27(11-13-30)24-41-14-3-4-15-41)42(26-33(32)36(45)51-18-20-54(2,48)49)25-29-7-5-9-31(21-29)52-37(38,39)40/h5,7,9-13,21-23,26,34,43H,3-4,6,8,14-20,24-25H2,1-2H3/b28-23-,32-22+,33-26+. The van der Waals surface area contributed by atoms with E-state index in [1.807, 2.05) is 24.3 Å². The first-order valence-electron chi connectivity index (χ1n) is 17.3. The van der Waals surface area contributed by atoms with Crippen molar-refractivity contribution in [2.75, 3.05) is 56.9 Å². The van der Waals surface area contributed by atoms with Gasteiger partial charge in [0.2, 0.25) is 0 Å². The van der Waals surface area contributed by atoms with E-state index in [1.54, 1.807) is 17.0 Å². The number of halogens is 3. The minimum atomic E-state index is -4.96. The molecular weight excluding hydrogens is 754 g/mol. The molecule has 0 aromatic heterocycles. The lowest BCUT2D eigenvalue weighted by atomic mass is 9.93. The van der Waals surface area contributed by atoms with Crippen molar-refractivity contribution in [1.82, 2.24) is 9.80 Å². The number of carbonyl (C=O) groups is 2. The van der Waals surface area contributed by atoms with Gasteiger partial charge >= 0.3 is 18.3 Å². The summed E-state index contributed by atoms with van der Waals surface area (Å²) < 4.78 is 101. The van der Waals surface area contributed by atoms with E-state index in [2.05, 4.69) is 9.64 Å². The van der Waals surface area contributed by atoms with Crippen LogP contribution in [0.5, 0.6) is 5.75 Å². The summed E-state index contributed by atoms with van der Waals surface area (Å²) in [4.78, 5) is 31.4. The number of esters is 2. The number of aliphatic hydroxyl groups excluding tert-OH is 1. The van der Waals surface area contributed by atoms with Gasteiger partial charge in [0.15, 0.2) is 19.7 Å². The van der Waals surface area contributed by atoms with Crippen LogP contribution in [0.15, 0.2) is 83.6 Å². The molecular formula is C37H45F3N2O10S2. The molecule has 2 aliphatic rings. The molecule has 0 amide bonds. The van der Waals surface area contributed by atoms with Gasteiger partial charge in [0.05, 0.1) is 28.7 Å². The van der Waals surface area contributed by atoms with E-state index >= 15 is 0 Å². The summed E-state index contributed by atoms with van der Waals surface area (Å²) in [5.74, 6) is -3.69. The largest absolute Gasteiger partial charge is 0.573 e. The first-order chi connectivity index (χ1) is 25.4. The van der Waals surface area contributed by atoms with Crippen molar-refractivity contribution < 1.29 is 58.9 Å². The first kappa shape index (κ1) is 42.6. The van der Waals surface area contributed by atoms with Gasteiger partial charge in [-0.2, -0.15) is 0 Å². The van der Waals surface area contributed by atoms with Gasteiger partial charge in [-0.25, -0.2) is 26.4 Å². The number of hydrogen-bond donors (Lipinski definition) is 1. The molecule has 0 aliphatic carbocycles. The van der Waals surface area contributed by atoms with Crippen LogP contribution in [-0.2, 0) is 51.8 Å². The summed E-state index contributed by atoms with van der Waals surface area (Å²) in [6, 6.07) is 12.3. The smallest absolute Gasteiger partial charge is 0.461 e. The van der Waals surface area contributed by atoms with Crippen molar-refractivity contribution in [2.45, 2.75) is 51.2 Å². The van der Waals surface area contributed by atoms with Crippen molar-refractivity contribution in [3.8, 4) is 5.75 Å². The number of hydrogen-bond acceptors (Lipinski definition) is 12. The zero-order valence-corrected chi connectivity index (χ0v) is 31.7. The number of allylic oxidation sites excluding steroid dienone is 2.